The second-order valence-corrected chi connectivity index (χ2v) is 4.91. The van der Waals surface area contributed by atoms with Crippen molar-refractivity contribution in [1.29, 1.82) is 0 Å². The molecule has 1 atom stereocenters. The van der Waals surface area contributed by atoms with E-state index in [2.05, 4.69) is 12.2 Å². The molecule has 0 saturated carbocycles. The van der Waals surface area contributed by atoms with Crippen LogP contribution in [0.1, 0.15) is 31.7 Å². The number of hydrogen-bond donors (Lipinski definition) is 2. The molecule has 108 valence electrons. The Bertz CT molecular complexity index is 383. The average Bonchev–Trinajstić information content (AvgIpc) is 2.44. The highest BCUT2D eigenvalue weighted by molar-refractivity contribution is 5.28. The van der Waals surface area contributed by atoms with E-state index < -0.39 is 0 Å². The van der Waals surface area contributed by atoms with E-state index in [4.69, 9.17) is 4.74 Å². The minimum absolute atomic E-state index is 0.121. The first kappa shape index (κ1) is 15.9. The number of aryl methyl sites for hydroxylation is 1. The van der Waals surface area contributed by atoms with E-state index >= 15 is 0 Å². The third-order valence-electron chi connectivity index (χ3n) is 3.71. The molecule has 1 unspecified atom stereocenters. The van der Waals surface area contributed by atoms with Gasteiger partial charge in [0.2, 0.25) is 0 Å². The number of aliphatic hydroxyl groups is 1. The van der Waals surface area contributed by atoms with Crippen molar-refractivity contribution >= 4 is 0 Å². The normalized spacial score (nSPS) is 14.2. The van der Waals surface area contributed by atoms with Crippen LogP contribution in [0.25, 0.3) is 0 Å². The van der Waals surface area contributed by atoms with Gasteiger partial charge >= 0.3 is 0 Å². The Labute approximate surface area is 114 Å². The van der Waals surface area contributed by atoms with Crippen molar-refractivity contribution in [2.75, 3.05) is 20.3 Å². The highest BCUT2D eigenvalue weighted by Gasteiger charge is 2.24. The molecule has 2 N–H and O–H groups in total. The van der Waals surface area contributed by atoms with Gasteiger partial charge in [-0.1, -0.05) is 6.92 Å². The zero-order chi connectivity index (χ0) is 14.3. The molecule has 4 heteroatoms. The van der Waals surface area contributed by atoms with Crippen molar-refractivity contribution in [2.45, 2.75) is 38.6 Å². The van der Waals surface area contributed by atoms with E-state index in [-0.39, 0.29) is 18.0 Å². The monoisotopic (exact) mass is 269 g/mol. The standard InChI is InChI=1S/C15H24FNO2/c1-4-15(11-18,17-3)8-5-9-19-13-6-7-14(16)12(2)10-13/h6-7,10,17-18H,4-5,8-9,11H2,1-3H3. The highest BCUT2D eigenvalue weighted by Crippen LogP contribution is 2.19. The van der Waals surface area contributed by atoms with Crippen LogP contribution in [0.2, 0.25) is 0 Å². The summed E-state index contributed by atoms with van der Waals surface area (Å²) in [6.45, 7) is 4.46. The second kappa shape index (κ2) is 7.46. The molecule has 3 nitrogen and oxygen atoms in total. The van der Waals surface area contributed by atoms with Crippen LogP contribution in [-0.2, 0) is 0 Å². The number of rotatable bonds is 8. The molecule has 0 aliphatic rings. The van der Waals surface area contributed by atoms with Crippen LogP contribution in [0.4, 0.5) is 4.39 Å². The summed E-state index contributed by atoms with van der Waals surface area (Å²) in [5.74, 6) is 0.474. The summed E-state index contributed by atoms with van der Waals surface area (Å²) in [5, 5.41) is 12.6. The van der Waals surface area contributed by atoms with Crippen LogP contribution >= 0.6 is 0 Å². The lowest BCUT2D eigenvalue weighted by molar-refractivity contribution is 0.145. The fourth-order valence-electron chi connectivity index (χ4n) is 2.06. The van der Waals surface area contributed by atoms with Crippen molar-refractivity contribution in [3.63, 3.8) is 0 Å². The molecule has 1 rings (SSSR count). The molecule has 0 saturated heterocycles. The van der Waals surface area contributed by atoms with Gasteiger partial charge < -0.3 is 15.2 Å². The lowest BCUT2D eigenvalue weighted by Crippen LogP contribution is -2.46. The fourth-order valence-corrected chi connectivity index (χ4v) is 2.06. The van der Waals surface area contributed by atoms with Gasteiger partial charge in [0.1, 0.15) is 11.6 Å². The average molecular weight is 269 g/mol. The molecular formula is C15H24FNO2. The third kappa shape index (κ3) is 4.48. The van der Waals surface area contributed by atoms with Gasteiger partial charge in [-0.05, 0) is 57.0 Å². The van der Waals surface area contributed by atoms with Crippen molar-refractivity contribution < 1.29 is 14.2 Å². The minimum atomic E-state index is -0.220. The number of halogens is 1. The van der Waals surface area contributed by atoms with Crippen LogP contribution in [0, 0.1) is 12.7 Å². The van der Waals surface area contributed by atoms with E-state index in [1.807, 2.05) is 7.05 Å². The van der Waals surface area contributed by atoms with E-state index in [1.54, 1.807) is 19.1 Å². The van der Waals surface area contributed by atoms with Gasteiger partial charge in [0.15, 0.2) is 0 Å². The summed E-state index contributed by atoms with van der Waals surface area (Å²) < 4.78 is 18.7. The Balaban J connectivity index is 2.40. The maximum absolute atomic E-state index is 13.1. The van der Waals surface area contributed by atoms with Gasteiger partial charge in [-0.15, -0.1) is 0 Å². The molecule has 0 aliphatic heterocycles. The van der Waals surface area contributed by atoms with Gasteiger partial charge in [0.25, 0.3) is 0 Å². The first-order chi connectivity index (χ1) is 9.06. The Hall–Kier alpha value is -1.13. The molecule has 0 aliphatic carbocycles. The van der Waals surface area contributed by atoms with E-state index in [9.17, 15) is 9.50 Å². The maximum atomic E-state index is 13.1. The van der Waals surface area contributed by atoms with E-state index in [1.165, 1.54) is 6.07 Å². The van der Waals surface area contributed by atoms with Crippen LogP contribution in [-0.4, -0.2) is 30.9 Å². The zero-order valence-corrected chi connectivity index (χ0v) is 12.0. The van der Waals surface area contributed by atoms with E-state index in [0.717, 1.165) is 19.3 Å². The molecule has 1 aromatic rings. The third-order valence-corrected chi connectivity index (χ3v) is 3.71. The largest absolute Gasteiger partial charge is 0.494 e. The van der Waals surface area contributed by atoms with Crippen molar-refractivity contribution in [2.24, 2.45) is 0 Å². The van der Waals surface area contributed by atoms with Gasteiger partial charge in [-0.2, -0.15) is 0 Å². The van der Waals surface area contributed by atoms with Crippen LogP contribution in [0.15, 0.2) is 18.2 Å². The lowest BCUT2D eigenvalue weighted by atomic mass is 9.92. The number of ether oxygens (including phenoxy) is 1. The molecular weight excluding hydrogens is 245 g/mol. The SMILES string of the molecule is CCC(CO)(CCCOc1ccc(F)c(C)c1)NC. The van der Waals surface area contributed by atoms with Gasteiger partial charge in [0.05, 0.1) is 13.2 Å². The number of aliphatic hydroxyl groups excluding tert-OH is 1. The Kier molecular flexibility index (Phi) is 6.25. The summed E-state index contributed by atoms with van der Waals surface area (Å²) in [5.41, 5.74) is 0.369. The van der Waals surface area contributed by atoms with E-state index in [0.29, 0.717) is 17.9 Å². The zero-order valence-electron chi connectivity index (χ0n) is 12.0. The first-order valence-electron chi connectivity index (χ1n) is 6.75. The Morgan fingerprint density at radius 3 is 2.68 bits per heavy atom. The van der Waals surface area contributed by atoms with Gasteiger partial charge in [0, 0.05) is 5.54 Å². The molecule has 0 radical (unpaired) electrons. The van der Waals surface area contributed by atoms with Crippen molar-refractivity contribution in [3.05, 3.63) is 29.6 Å². The number of likely N-dealkylation sites (N-methyl/N-ethyl adjacent to an activating group) is 1. The molecule has 1 aromatic carbocycles. The second-order valence-electron chi connectivity index (χ2n) is 4.91. The highest BCUT2D eigenvalue weighted by atomic mass is 19.1. The molecule has 19 heavy (non-hydrogen) atoms. The fraction of sp³-hybridized carbons (Fsp3) is 0.600. The van der Waals surface area contributed by atoms with Crippen LogP contribution < -0.4 is 10.1 Å². The minimum Gasteiger partial charge on any atom is -0.494 e. The molecule has 0 bridgehead atoms. The molecule has 0 heterocycles. The number of benzene rings is 1. The lowest BCUT2D eigenvalue weighted by Gasteiger charge is -2.30. The summed E-state index contributed by atoms with van der Waals surface area (Å²) in [6.07, 6.45) is 2.55. The first-order valence-corrected chi connectivity index (χ1v) is 6.75. The van der Waals surface area contributed by atoms with Gasteiger partial charge in [-0.25, -0.2) is 4.39 Å². The summed E-state index contributed by atoms with van der Waals surface area (Å²) in [6, 6.07) is 4.76. The summed E-state index contributed by atoms with van der Waals surface area (Å²) in [4.78, 5) is 0. The number of hydrogen-bond acceptors (Lipinski definition) is 3. The molecule has 0 amide bonds. The van der Waals surface area contributed by atoms with Gasteiger partial charge in [-0.3, -0.25) is 0 Å². The molecule has 0 spiro atoms. The Morgan fingerprint density at radius 2 is 2.16 bits per heavy atom. The predicted molar refractivity (Wildman–Crippen MR) is 75.0 cm³/mol. The van der Waals surface area contributed by atoms with Crippen molar-refractivity contribution in [3.8, 4) is 5.75 Å². The van der Waals surface area contributed by atoms with Crippen LogP contribution in [0.3, 0.4) is 0 Å². The van der Waals surface area contributed by atoms with Crippen molar-refractivity contribution in [1.82, 2.24) is 5.32 Å². The molecule has 0 aromatic heterocycles. The number of nitrogens with one attached hydrogen (secondary N) is 1. The Morgan fingerprint density at radius 1 is 1.42 bits per heavy atom. The summed E-state index contributed by atoms with van der Waals surface area (Å²) >= 11 is 0. The molecule has 0 fully saturated rings. The summed E-state index contributed by atoms with van der Waals surface area (Å²) in [7, 11) is 1.86. The quantitative estimate of drug-likeness (QED) is 0.713. The topological polar surface area (TPSA) is 41.5 Å². The smallest absolute Gasteiger partial charge is 0.126 e. The van der Waals surface area contributed by atoms with Crippen LogP contribution in [0.5, 0.6) is 5.75 Å². The predicted octanol–water partition coefficient (Wildman–Crippen LogP) is 2.65. The maximum Gasteiger partial charge on any atom is 0.126 e.